The first-order valence-electron chi connectivity index (χ1n) is 8.44. The first kappa shape index (κ1) is 20.8. The summed E-state index contributed by atoms with van der Waals surface area (Å²) in [5.41, 5.74) is 0.846. The fourth-order valence-electron chi connectivity index (χ4n) is 2.56. The zero-order valence-electron chi connectivity index (χ0n) is 14.9. The second-order valence-corrected chi connectivity index (χ2v) is 7.70. The minimum atomic E-state index is -0.925. The number of thioether (sulfide) groups is 1. The summed E-state index contributed by atoms with van der Waals surface area (Å²) in [4.78, 5) is 49.6. The number of halogens is 2. The van der Waals surface area contributed by atoms with Crippen LogP contribution in [0.1, 0.15) is 6.42 Å². The predicted octanol–water partition coefficient (Wildman–Crippen LogP) is 3.51. The topological polar surface area (TPSA) is 95.6 Å². The van der Waals surface area contributed by atoms with Gasteiger partial charge in [-0.1, -0.05) is 23.4 Å². The molecule has 0 bridgehead atoms. The van der Waals surface area contributed by atoms with Crippen molar-refractivity contribution in [3.8, 4) is 0 Å². The Morgan fingerprint density at radius 2 is 1.52 bits per heavy atom. The van der Waals surface area contributed by atoms with Gasteiger partial charge in [-0.15, -0.1) is 0 Å². The molecule has 0 aromatic heterocycles. The van der Waals surface area contributed by atoms with E-state index < -0.39 is 40.6 Å². The number of rotatable bonds is 6. The highest BCUT2D eigenvalue weighted by Crippen LogP contribution is 2.29. The Balaban J connectivity index is 1.54. The summed E-state index contributed by atoms with van der Waals surface area (Å²) < 4.78 is 12.9. The van der Waals surface area contributed by atoms with Crippen LogP contribution < -0.4 is 10.6 Å². The third-order valence-corrected chi connectivity index (χ3v) is 5.26. The number of anilines is 2. The third kappa shape index (κ3) is 5.55. The summed E-state index contributed by atoms with van der Waals surface area (Å²) in [5, 5.41) is 4.08. The summed E-state index contributed by atoms with van der Waals surface area (Å²) in [6.07, 6.45) is -0.248. The van der Waals surface area contributed by atoms with Gasteiger partial charge in [0.05, 0.1) is 0 Å². The molecule has 1 fully saturated rings. The van der Waals surface area contributed by atoms with Crippen molar-refractivity contribution in [3.05, 3.63) is 59.4 Å². The minimum absolute atomic E-state index is 0.248. The lowest BCUT2D eigenvalue weighted by Gasteiger charge is -2.14. The van der Waals surface area contributed by atoms with Gasteiger partial charge in [0.2, 0.25) is 17.7 Å². The maximum atomic E-state index is 12.9. The lowest BCUT2D eigenvalue weighted by molar-refractivity contribution is -0.131. The highest BCUT2D eigenvalue weighted by atomic mass is 35.5. The summed E-state index contributed by atoms with van der Waals surface area (Å²) >= 11 is 6.47. The molecular weight excluding hydrogens is 421 g/mol. The molecule has 7 nitrogen and oxygen atoms in total. The number of imide groups is 1. The highest BCUT2D eigenvalue weighted by Gasteiger charge is 2.41. The number of hydrogen-bond acceptors (Lipinski definition) is 5. The maximum Gasteiger partial charge on any atom is 0.289 e. The molecule has 2 aromatic rings. The van der Waals surface area contributed by atoms with Gasteiger partial charge in [0, 0.05) is 22.8 Å². The van der Waals surface area contributed by atoms with Gasteiger partial charge in [0.1, 0.15) is 17.6 Å². The number of hydrogen-bond donors (Lipinski definition) is 2. The summed E-state index contributed by atoms with van der Waals surface area (Å²) in [6, 6.07) is 11.5. The number of carbonyl (C=O) groups excluding carboxylic acids is 4. The van der Waals surface area contributed by atoms with Gasteiger partial charge in [-0.05, 0) is 48.5 Å². The SMILES string of the molecule is O=C(CC1SC(=O)N(CC(=O)Nc2ccc(Cl)cc2)C1=O)Nc1ccc(F)cc1. The van der Waals surface area contributed by atoms with E-state index in [1.54, 1.807) is 24.3 Å². The Morgan fingerprint density at radius 3 is 2.14 bits per heavy atom. The molecule has 10 heteroatoms. The molecule has 2 N–H and O–H groups in total. The minimum Gasteiger partial charge on any atom is -0.326 e. The molecule has 1 aliphatic heterocycles. The predicted molar refractivity (Wildman–Crippen MR) is 108 cm³/mol. The van der Waals surface area contributed by atoms with Crippen LogP contribution in [0.4, 0.5) is 20.6 Å². The lowest BCUT2D eigenvalue weighted by Crippen LogP contribution is -2.38. The van der Waals surface area contributed by atoms with E-state index in [1.807, 2.05) is 0 Å². The van der Waals surface area contributed by atoms with Crippen molar-refractivity contribution in [2.75, 3.05) is 17.2 Å². The molecular formula is C19H15ClFN3O4S. The first-order valence-corrected chi connectivity index (χ1v) is 9.70. The molecule has 0 spiro atoms. The van der Waals surface area contributed by atoms with Crippen LogP contribution in [0.5, 0.6) is 0 Å². The van der Waals surface area contributed by atoms with E-state index in [0.717, 1.165) is 4.90 Å². The average Bonchev–Trinajstić information content (AvgIpc) is 2.93. The summed E-state index contributed by atoms with van der Waals surface area (Å²) in [5.74, 6) is -2.10. The Hall–Kier alpha value is -2.91. The molecule has 150 valence electrons. The fraction of sp³-hybridized carbons (Fsp3) is 0.158. The van der Waals surface area contributed by atoms with Gasteiger partial charge in [0.15, 0.2) is 0 Å². The highest BCUT2D eigenvalue weighted by molar-refractivity contribution is 8.15. The summed E-state index contributed by atoms with van der Waals surface area (Å²) in [6.45, 7) is -0.455. The fourth-order valence-corrected chi connectivity index (χ4v) is 3.68. The largest absolute Gasteiger partial charge is 0.326 e. The second kappa shape index (κ2) is 9.06. The van der Waals surface area contributed by atoms with Crippen LogP contribution >= 0.6 is 23.4 Å². The number of nitrogens with zero attached hydrogens (tertiary/aromatic N) is 1. The number of nitrogens with one attached hydrogen (secondary N) is 2. The van der Waals surface area contributed by atoms with E-state index in [4.69, 9.17) is 11.6 Å². The van der Waals surface area contributed by atoms with E-state index in [2.05, 4.69) is 10.6 Å². The van der Waals surface area contributed by atoms with Crippen molar-refractivity contribution >= 4 is 57.7 Å². The van der Waals surface area contributed by atoms with Crippen LogP contribution in [0, 0.1) is 5.82 Å². The van der Waals surface area contributed by atoms with Crippen LogP contribution in [0.25, 0.3) is 0 Å². The Bertz CT molecular complexity index is 953. The Labute approximate surface area is 174 Å². The molecule has 0 radical (unpaired) electrons. The molecule has 4 amide bonds. The number of amides is 4. The molecule has 1 saturated heterocycles. The van der Waals surface area contributed by atoms with Crippen LogP contribution in [-0.2, 0) is 14.4 Å². The maximum absolute atomic E-state index is 12.9. The van der Waals surface area contributed by atoms with Gasteiger partial charge in [-0.3, -0.25) is 24.1 Å². The quantitative estimate of drug-likeness (QED) is 0.724. The average molecular weight is 436 g/mol. The van der Waals surface area contributed by atoms with Crippen molar-refractivity contribution in [1.82, 2.24) is 4.90 Å². The first-order chi connectivity index (χ1) is 13.8. The molecule has 1 atom stereocenters. The van der Waals surface area contributed by atoms with Gasteiger partial charge in [0.25, 0.3) is 5.24 Å². The van der Waals surface area contributed by atoms with Crippen LogP contribution in [-0.4, -0.2) is 39.7 Å². The molecule has 1 unspecified atom stereocenters. The molecule has 29 heavy (non-hydrogen) atoms. The molecule has 2 aromatic carbocycles. The van der Waals surface area contributed by atoms with Crippen molar-refractivity contribution in [2.45, 2.75) is 11.7 Å². The second-order valence-electron chi connectivity index (χ2n) is 6.11. The Kier molecular flexibility index (Phi) is 6.50. The zero-order chi connectivity index (χ0) is 21.0. The molecule has 3 rings (SSSR count). The van der Waals surface area contributed by atoms with E-state index in [0.29, 0.717) is 28.2 Å². The smallest absolute Gasteiger partial charge is 0.289 e. The van der Waals surface area contributed by atoms with E-state index in [9.17, 15) is 23.6 Å². The van der Waals surface area contributed by atoms with E-state index in [1.165, 1.54) is 24.3 Å². The standard InChI is InChI=1S/C19H15ClFN3O4S/c20-11-1-5-13(6-2-11)23-17(26)10-24-18(27)15(29-19(24)28)9-16(25)22-14-7-3-12(21)4-8-14/h1-8,15H,9-10H2,(H,22,25)(H,23,26). The van der Waals surface area contributed by atoms with Gasteiger partial charge < -0.3 is 10.6 Å². The molecule has 1 heterocycles. The van der Waals surface area contributed by atoms with Crippen LogP contribution in [0.2, 0.25) is 5.02 Å². The van der Waals surface area contributed by atoms with Crippen molar-refractivity contribution in [3.63, 3.8) is 0 Å². The number of benzene rings is 2. The van der Waals surface area contributed by atoms with Crippen molar-refractivity contribution in [1.29, 1.82) is 0 Å². The Morgan fingerprint density at radius 1 is 0.966 bits per heavy atom. The van der Waals surface area contributed by atoms with Gasteiger partial charge in [-0.25, -0.2) is 4.39 Å². The summed E-state index contributed by atoms with van der Waals surface area (Å²) in [7, 11) is 0. The zero-order valence-corrected chi connectivity index (χ0v) is 16.4. The van der Waals surface area contributed by atoms with Crippen molar-refractivity contribution < 1.29 is 23.6 Å². The van der Waals surface area contributed by atoms with Crippen molar-refractivity contribution in [2.24, 2.45) is 0 Å². The lowest BCUT2D eigenvalue weighted by atomic mass is 10.2. The van der Waals surface area contributed by atoms with Gasteiger partial charge in [-0.2, -0.15) is 0 Å². The van der Waals surface area contributed by atoms with Gasteiger partial charge >= 0.3 is 0 Å². The molecule has 0 saturated carbocycles. The normalized spacial score (nSPS) is 16.1. The number of carbonyl (C=O) groups is 4. The monoisotopic (exact) mass is 435 g/mol. The van der Waals surface area contributed by atoms with Crippen LogP contribution in [0.3, 0.4) is 0 Å². The van der Waals surface area contributed by atoms with E-state index >= 15 is 0 Å². The molecule has 0 aliphatic carbocycles. The third-order valence-electron chi connectivity index (χ3n) is 3.93. The van der Waals surface area contributed by atoms with Crippen LogP contribution in [0.15, 0.2) is 48.5 Å². The van der Waals surface area contributed by atoms with E-state index in [-0.39, 0.29) is 6.42 Å². The molecule has 1 aliphatic rings.